The van der Waals surface area contributed by atoms with Crippen molar-refractivity contribution in [2.45, 2.75) is 46.3 Å². The first kappa shape index (κ1) is 16.4. The van der Waals surface area contributed by atoms with Crippen molar-refractivity contribution in [1.82, 2.24) is 15.1 Å². The van der Waals surface area contributed by atoms with E-state index in [1.54, 1.807) is 18.2 Å². The summed E-state index contributed by atoms with van der Waals surface area (Å²) in [6.07, 6.45) is 0.998. The zero-order chi connectivity index (χ0) is 16.1. The van der Waals surface area contributed by atoms with Gasteiger partial charge in [-0.15, -0.1) is 0 Å². The van der Waals surface area contributed by atoms with Crippen molar-refractivity contribution < 1.29 is 4.39 Å². The summed E-state index contributed by atoms with van der Waals surface area (Å²) >= 11 is 0. The molecule has 0 saturated heterocycles. The number of nitrogens with zero attached hydrogens (tertiary/aromatic N) is 2. The van der Waals surface area contributed by atoms with Gasteiger partial charge in [-0.25, -0.2) is 9.07 Å². The summed E-state index contributed by atoms with van der Waals surface area (Å²) in [7, 11) is 0. The maximum Gasteiger partial charge on any atom is 0.271 e. The molecule has 5 heteroatoms. The minimum absolute atomic E-state index is 0.0795. The average Bonchev–Trinajstić information content (AvgIpc) is 2.54. The maximum absolute atomic E-state index is 13.1. The molecule has 0 aliphatic carbocycles. The zero-order valence-electron chi connectivity index (χ0n) is 13.3. The molecule has 2 aromatic rings. The number of hydrogen-bond acceptors (Lipinski definition) is 3. The molecule has 22 heavy (non-hydrogen) atoms. The van der Waals surface area contributed by atoms with Crippen LogP contribution in [0.3, 0.4) is 0 Å². The molecule has 1 aromatic carbocycles. The Labute approximate surface area is 130 Å². The predicted molar refractivity (Wildman–Crippen MR) is 86.2 cm³/mol. The lowest BCUT2D eigenvalue weighted by molar-refractivity contribution is 0.524. The van der Waals surface area contributed by atoms with Crippen LogP contribution in [0.1, 0.15) is 32.8 Å². The smallest absolute Gasteiger partial charge is 0.271 e. The highest BCUT2D eigenvalue weighted by molar-refractivity contribution is 5.58. The highest BCUT2D eigenvalue weighted by Crippen LogP contribution is 2.17. The standard InChI is InChI=1S/C17H22FN3O/c1-4-12(3)19-11-14-10-16(20-21(5-2)17(14)22)13-6-8-15(18)9-7-13/h6-10,12,19H,4-5,11H2,1-3H3. The quantitative estimate of drug-likeness (QED) is 0.892. The fourth-order valence-corrected chi connectivity index (χ4v) is 2.13. The Morgan fingerprint density at radius 1 is 1.27 bits per heavy atom. The van der Waals surface area contributed by atoms with Crippen LogP contribution in [0.15, 0.2) is 35.1 Å². The fourth-order valence-electron chi connectivity index (χ4n) is 2.13. The topological polar surface area (TPSA) is 46.9 Å². The number of benzene rings is 1. The van der Waals surface area contributed by atoms with Crippen molar-refractivity contribution in [2.24, 2.45) is 0 Å². The van der Waals surface area contributed by atoms with E-state index in [0.29, 0.717) is 30.4 Å². The van der Waals surface area contributed by atoms with E-state index in [2.05, 4.69) is 24.3 Å². The summed E-state index contributed by atoms with van der Waals surface area (Å²) in [6.45, 7) is 7.07. The van der Waals surface area contributed by atoms with Crippen LogP contribution in [0.25, 0.3) is 11.3 Å². The van der Waals surface area contributed by atoms with Gasteiger partial charge in [-0.3, -0.25) is 4.79 Å². The van der Waals surface area contributed by atoms with Gasteiger partial charge < -0.3 is 5.32 Å². The molecule has 0 radical (unpaired) electrons. The fraction of sp³-hybridized carbons (Fsp3) is 0.412. The molecule has 0 bridgehead atoms. The molecule has 0 saturated carbocycles. The number of aromatic nitrogens is 2. The molecule has 1 N–H and O–H groups in total. The van der Waals surface area contributed by atoms with Crippen LogP contribution in [0.4, 0.5) is 4.39 Å². The first-order chi connectivity index (χ1) is 10.5. The third kappa shape index (κ3) is 3.80. The number of rotatable bonds is 6. The van der Waals surface area contributed by atoms with E-state index in [4.69, 9.17) is 0 Å². The van der Waals surface area contributed by atoms with Crippen LogP contribution in [0.5, 0.6) is 0 Å². The molecule has 1 unspecified atom stereocenters. The van der Waals surface area contributed by atoms with Crippen molar-refractivity contribution in [3.05, 3.63) is 52.1 Å². The van der Waals surface area contributed by atoms with E-state index in [1.165, 1.54) is 16.8 Å². The number of halogens is 1. The van der Waals surface area contributed by atoms with Gasteiger partial charge >= 0.3 is 0 Å². The molecule has 1 heterocycles. The largest absolute Gasteiger partial charge is 0.310 e. The summed E-state index contributed by atoms with van der Waals surface area (Å²) in [5, 5.41) is 7.68. The van der Waals surface area contributed by atoms with Gasteiger partial charge in [0.1, 0.15) is 5.82 Å². The second-order valence-electron chi connectivity index (χ2n) is 5.37. The average molecular weight is 303 g/mol. The van der Waals surface area contributed by atoms with E-state index in [-0.39, 0.29) is 11.4 Å². The Morgan fingerprint density at radius 3 is 2.55 bits per heavy atom. The van der Waals surface area contributed by atoms with Gasteiger partial charge in [0.05, 0.1) is 5.69 Å². The molecule has 0 aliphatic rings. The van der Waals surface area contributed by atoms with Gasteiger partial charge in [0.15, 0.2) is 0 Å². The first-order valence-corrected chi connectivity index (χ1v) is 7.65. The Balaban J connectivity index is 2.39. The monoisotopic (exact) mass is 303 g/mol. The highest BCUT2D eigenvalue weighted by Gasteiger charge is 2.10. The molecule has 0 fully saturated rings. The van der Waals surface area contributed by atoms with Gasteiger partial charge in [-0.1, -0.05) is 6.92 Å². The Bertz CT molecular complexity index is 679. The molecular formula is C17H22FN3O. The minimum atomic E-state index is -0.286. The second-order valence-corrected chi connectivity index (χ2v) is 5.37. The summed E-state index contributed by atoms with van der Waals surface area (Å²) in [6, 6.07) is 8.28. The van der Waals surface area contributed by atoms with Crippen LogP contribution in [0.2, 0.25) is 0 Å². The van der Waals surface area contributed by atoms with Crippen LogP contribution >= 0.6 is 0 Å². The number of nitrogens with one attached hydrogen (secondary N) is 1. The van der Waals surface area contributed by atoms with E-state index in [0.717, 1.165) is 12.0 Å². The number of aryl methyl sites for hydroxylation is 1. The molecule has 4 nitrogen and oxygen atoms in total. The first-order valence-electron chi connectivity index (χ1n) is 7.65. The third-order valence-electron chi connectivity index (χ3n) is 3.74. The van der Waals surface area contributed by atoms with Gasteiger partial charge in [0.25, 0.3) is 5.56 Å². The zero-order valence-corrected chi connectivity index (χ0v) is 13.3. The Morgan fingerprint density at radius 2 is 1.95 bits per heavy atom. The van der Waals surface area contributed by atoms with Gasteiger partial charge in [-0.2, -0.15) is 5.10 Å². The Kier molecular flexibility index (Phi) is 5.44. The van der Waals surface area contributed by atoms with E-state index in [1.807, 2.05) is 6.92 Å². The Hall–Kier alpha value is -2.01. The number of hydrogen-bond donors (Lipinski definition) is 1. The lowest BCUT2D eigenvalue weighted by atomic mass is 10.1. The third-order valence-corrected chi connectivity index (χ3v) is 3.74. The predicted octanol–water partition coefficient (Wildman–Crippen LogP) is 2.96. The molecule has 0 amide bonds. The second kappa shape index (κ2) is 7.31. The van der Waals surface area contributed by atoms with E-state index in [9.17, 15) is 9.18 Å². The lowest BCUT2D eigenvalue weighted by Crippen LogP contribution is -2.32. The van der Waals surface area contributed by atoms with Crippen LogP contribution < -0.4 is 10.9 Å². The molecule has 0 aliphatic heterocycles. The minimum Gasteiger partial charge on any atom is -0.310 e. The van der Waals surface area contributed by atoms with Crippen molar-refractivity contribution >= 4 is 0 Å². The maximum atomic E-state index is 13.1. The van der Waals surface area contributed by atoms with Gasteiger partial charge in [-0.05, 0) is 50.6 Å². The molecule has 1 aromatic heterocycles. The van der Waals surface area contributed by atoms with Gasteiger partial charge in [0.2, 0.25) is 0 Å². The summed E-state index contributed by atoms with van der Waals surface area (Å²) in [4.78, 5) is 12.3. The molecule has 0 spiro atoms. The molecule has 118 valence electrons. The summed E-state index contributed by atoms with van der Waals surface area (Å²) in [5.74, 6) is -0.286. The molecular weight excluding hydrogens is 281 g/mol. The van der Waals surface area contributed by atoms with Crippen molar-refractivity contribution in [1.29, 1.82) is 0 Å². The van der Waals surface area contributed by atoms with Crippen molar-refractivity contribution in [3.63, 3.8) is 0 Å². The van der Waals surface area contributed by atoms with E-state index < -0.39 is 0 Å². The van der Waals surface area contributed by atoms with E-state index >= 15 is 0 Å². The SMILES string of the molecule is CCC(C)NCc1cc(-c2ccc(F)cc2)nn(CC)c1=O. The summed E-state index contributed by atoms with van der Waals surface area (Å²) in [5.41, 5.74) is 2.08. The molecule has 2 rings (SSSR count). The van der Waals surface area contributed by atoms with Crippen molar-refractivity contribution in [3.8, 4) is 11.3 Å². The van der Waals surface area contributed by atoms with Crippen LogP contribution in [-0.4, -0.2) is 15.8 Å². The van der Waals surface area contributed by atoms with Crippen LogP contribution in [0, 0.1) is 5.82 Å². The van der Waals surface area contributed by atoms with Gasteiger partial charge in [0, 0.05) is 30.3 Å². The summed E-state index contributed by atoms with van der Waals surface area (Å²) < 4.78 is 14.5. The van der Waals surface area contributed by atoms with Crippen molar-refractivity contribution in [2.75, 3.05) is 0 Å². The van der Waals surface area contributed by atoms with Crippen LogP contribution in [-0.2, 0) is 13.1 Å². The molecule has 1 atom stereocenters. The lowest BCUT2D eigenvalue weighted by Gasteiger charge is -2.13. The normalized spacial score (nSPS) is 12.4. The highest BCUT2D eigenvalue weighted by atomic mass is 19.1.